The number of rotatable bonds is 0. The molecule has 2 heteroatoms. The van der Waals surface area contributed by atoms with Crippen LogP contribution >= 0.6 is 11.8 Å². The van der Waals surface area contributed by atoms with Crippen LogP contribution in [0.5, 0.6) is 0 Å². The number of fused-ring (bicyclic) bond motifs is 1. The van der Waals surface area contributed by atoms with Gasteiger partial charge in [0.1, 0.15) is 0 Å². The Labute approximate surface area is 64.5 Å². The standard InChI is InChI=1S/C8H8OS/c1-2-7-6-9-4-3-8(7)10-5-1/h1-3,5H,4,6H2. The van der Waals surface area contributed by atoms with Crippen molar-refractivity contribution < 1.29 is 4.74 Å². The molecule has 2 aliphatic rings. The minimum atomic E-state index is 0.771. The molecule has 0 saturated carbocycles. The lowest BCUT2D eigenvalue weighted by Crippen LogP contribution is -2.07. The lowest BCUT2D eigenvalue weighted by Gasteiger charge is -2.17. The first kappa shape index (κ1) is 6.25. The molecule has 0 bridgehead atoms. The molecular weight excluding hydrogens is 144 g/mol. The van der Waals surface area contributed by atoms with E-state index in [-0.39, 0.29) is 0 Å². The van der Waals surface area contributed by atoms with E-state index in [4.69, 9.17) is 4.74 Å². The smallest absolute Gasteiger partial charge is 0.0732 e. The first-order valence-electron chi connectivity index (χ1n) is 3.27. The Hall–Kier alpha value is -0.470. The number of thioether (sulfide) groups is 1. The van der Waals surface area contributed by atoms with Crippen LogP contribution in [-0.4, -0.2) is 13.2 Å². The molecule has 0 amide bonds. The maximum atomic E-state index is 5.25. The van der Waals surface area contributed by atoms with Crippen LogP contribution in [0, 0.1) is 0 Å². The lowest BCUT2D eigenvalue weighted by molar-refractivity contribution is 0.182. The van der Waals surface area contributed by atoms with Crippen LogP contribution in [0.25, 0.3) is 0 Å². The Bertz CT molecular complexity index is 225. The fraction of sp³-hybridized carbons (Fsp3) is 0.250. The molecule has 0 atom stereocenters. The van der Waals surface area contributed by atoms with Gasteiger partial charge in [-0.05, 0) is 17.1 Å². The van der Waals surface area contributed by atoms with Gasteiger partial charge in [-0.1, -0.05) is 23.9 Å². The number of hydrogen-bond acceptors (Lipinski definition) is 2. The molecule has 10 heavy (non-hydrogen) atoms. The van der Waals surface area contributed by atoms with Crippen molar-refractivity contribution in [1.29, 1.82) is 0 Å². The van der Waals surface area contributed by atoms with Crippen molar-refractivity contribution in [2.75, 3.05) is 13.2 Å². The summed E-state index contributed by atoms with van der Waals surface area (Å²) >= 11 is 1.78. The molecule has 2 aliphatic heterocycles. The molecule has 0 unspecified atom stereocenters. The Morgan fingerprint density at radius 3 is 3.40 bits per heavy atom. The van der Waals surface area contributed by atoms with Crippen molar-refractivity contribution in [3.05, 3.63) is 34.1 Å². The van der Waals surface area contributed by atoms with E-state index in [0.29, 0.717) is 0 Å². The van der Waals surface area contributed by atoms with E-state index < -0.39 is 0 Å². The second-order valence-corrected chi connectivity index (χ2v) is 3.17. The van der Waals surface area contributed by atoms with Crippen LogP contribution in [0.4, 0.5) is 0 Å². The molecule has 0 aliphatic carbocycles. The lowest BCUT2D eigenvalue weighted by atomic mass is 10.2. The average molecular weight is 152 g/mol. The molecule has 0 saturated heterocycles. The van der Waals surface area contributed by atoms with Crippen molar-refractivity contribution in [3.63, 3.8) is 0 Å². The Morgan fingerprint density at radius 2 is 2.50 bits per heavy atom. The highest BCUT2D eigenvalue weighted by molar-refractivity contribution is 8.06. The van der Waals surface area contributed by atoms with Crippen molar-refractivity contribution in [2.24, 2.45) is 0 Å². The van der Waals surface area contributed by atoms with E-state index in [9.17, 15) is 0 Å². The highest BCUT2D eigenvalue weighted by Gasteiger charge is 2.10. The van der Waals surface area contributed by atoms with E-state index in [2.05, 4.69) is 23.6 Å². The normalized spacial score (nSPS) is 23.2. The first-order valence-corrected chi connectivity index (χ1v) is 4.15. The second kappa shape index (κ2) is 2.64. The SMILES string of the molecule is C1=CSC2=CCOCC2=C1. The highest BCUT2D eigenvalue weighted by atomic mass is 32.2. The molecule has 0 N–H and O–H groups in total. The summed E-state index contributed by atoms with van der Waals surface area (Å²) in [4.78, 5) is 1.37. The average Bonchev–Trinajstić information content (AvgIpc) is 2.05. The molecule has 1 nitrogen and oxygen atoms in total. The molecule has 2 heterocycles. The maximum Gasteiger partial charge on any atom is 0.0732 e. The zero-order valence-corrected chi connectivity index (χ0v) is 6.36. The zero-order chi connectivity index (χ0) is 6.81. The van der Waals surface area contributed by atoms with Gasteiger partial charge in [-0.2, -0.15) is 0 Å². The van der Waals surface area contributed by atoms with Crippen LogP contribution in [0.3, 0.4) is 0 Å². The van der Waals surface area contributed by atoms with E-state index >= 15 is 0 Å². The van der Waals surface area contributed by atoms with Crippen molar-refractivity contribution in [3.8, 4) is 0 Å². The topological polar surface area (TPSA) is 9.23 Å². The third kappa shape index (κ3) is 1.04. The summed E-state index contributed by atoms with van der Waals surface area (Å²) in [6.45, 7) is 1.55. The molecule has 52 valence electrons. The van der Waals surface area contributed by atoms with Crippen molar-refractivity contribution >= 4 is 11.8 Å². The van der Waals surface area contributed by atoms with Gasteiger partial charge in [-0.15, -0.1) is 0 Å². The molecule has 2 rings (SSSR count). The molecule has 0 aromatic rings. The van der Waals surface area contributed by atoms with Crippen molar-refractivity contribution in [1.82, 2.24) is 0 Å². The summed E-state index contributed by atoms with van der Waals surface area (Å²) in [5, 5.41) is 2.10. The van der Waals surface area contributed by atoms with Gasteiger partial charge < -0.3 is 4.74 Å². The van der Waals surface area contributed by atoms with Gasteiger partial charge in [0.15, 0.2) is 0 Å². The zero-order valence-electron chi connectivity index (χ0n) is 5.54. The first-order chi connectivity index (χ1) is 4.97. The number of ether oxygens (including phenoxy) is 1. The maximum absolute atomic E-state index is 5.25. The van der Waals surface area contributed by atoms with E-state index in [0.717, 1.165) is 13.2 Å². The summed E-state index contributed by atoms with van der Waals surface area (Å²) in [5.74, 6) is 0. The monoisotopic (exact) mass is 152 g/mol. The van der Waals surface area contributed by atoms with Crippen LogP contribution in [-0.2, 0) is 4.74 Å². The summed E-state index contributed by atoms with van der Waals surface area (Å²) in [7, 11) is 0. The fourth-order valence-electron chi connectivity index (χ4n) is 1.03. The van der Waals surface area contributed by atoms with E-state index in [1.807, 2.05) is 0 Å². The van der Waals surface area contributed by atoms with Crippen LogP contribution < -0.4 is 0 Å². The second-order valence-electron chi connectivity index (χ2n) is 2.22. The molecule has 0 aromatic carbocycles. The summed E-state index contributed by atoms with van der Waals surface area (Å²) in [6.07, 6.45) is 6.30. The molecule has 0 radical (unpaired) electrons. The van der Waals surface area contributed by atoms with Gasteiger partial charge in [0.2, 0.25) is 0 Å². The number of allylic oxidation sites excluding steroid dienone is 2. The summed E-state index contributed by atoms with van der Waals surface area (Å²) < 4.78 is 5.25. The molecule has 0 fully saturated rings. The highest BCUT2D eigenvalue weighted by Crippen LogP contribution is 2.30. The minimum Gasteiger partial charge on any atom is -0.373 e. The Morgan fingerprint density at radius 1 is 1.50 bits per heavy atom. The Kier molecular flexibility index (Phi) is 1.65. The summed E-state index contributed by atoms with van der Waals surface area (Å²) in [6, 6.07) is 0. The third-order valence-corrected chi connectivity index (χ3v) is 2.51. The largest absolute Gasteiger partial charge is 0.373 e. The number of hydrogen-bond donors (Lipinski definition) is 0. The van der Waals surface area contributed by atoms with Crippen LogP contribution in [0.1, 0.15) is 0 Å². The summed E-state index contributed by atoms with van der Waals surface area (Å²) in [5.41, 5.74) is 1.32. The minimum absolute atomic E-state index is 0.771. The van der Waals surface area contributed by atoms with Gasteiger partial charge in [0, 0.05) is 4.91 Å². The van der Waals surface area contributed by atoms with E-state index in [1.165, 1.54) is 10.5 Å². The predicted octanol–water partition coefficient (Wildman–Crippen LogP) is 2.09. The predicted molar refractivity (Wildman–Crippen MR) is 43.7 cm³/mol. The van der Waals surface area contributed by atoms with Gasteiger partial charge in [0.05, 0.1) is 13.2 Å². The Balaban J connectivity index is 2.32. The fourth-order valence-corrected chi connectivity index (χ4v) is 1.77. The van der Waals surface area contributed by atoms with Gasteiger partial charge in [0.25, 0.3) is 0 Å². The quantitative estimate of drug-likeness (QED) is 0.525. The van der Waals surface area contributed by atoms with Gasteiger partial charge >= 0.3 is 0 Å². The van der Waals surface area contributed by atoms with E-state index in [1.54, 1.807) is 11.8 Å². The molecule has 0 spiro atoms. The van der Waals surface area contributed by atoms with Crippen molar-refractivity contribution in [2.45, 2.75) is 0 Å². The van der Waals surface area contributed by atoms with Crippen LogP contribution in [0.2, 0.25) is 0 Å². The third-order valence-electron chi connectivity index (χ3n) is 1.53. The molecular formula is C8H8OS. The van der Waals surface area contributed by atoms with Gasteiger partial charge in [-0.25, -0.2) is 0 Å². The van der Waals surface area contributed by atoms with Gasteiger partial charge in [-0.3, -0.25) is 0 Å². The van der Waals surface area contributed by atoms with Crippen LogP contribution in [0.15, 0.2) is 34.1 Å². The molecule has 0 aromatic heterocycles.